The average molecular weight is 204 g/mol. The van der Waals surface area contributed by atoms with Crippen molar-refractivity contribution in [1.82, 2.24) is 0 Å². The minimum absolute atomic E-state index is 0. The van der Waals surface area contributed by atoms with Crippen molar-refractivity contribution in [2.75, 3.05) is 0 Å². The summed E-state index contributed by atoms with van der Waals surface area (Å²) in [6.45, 7) is 15.8. The van der Waals surface area contributed by atoms with Crippen LogP contribution < -0.4 is 0 Å². The largest absolute Gasteiger partial charge is 0.0955 e. The zero-order chi connectivity index (χ0) is 11.1. The van der Waals surface area contributed by atoms with Crippen LogP contribution in [-0.4, -0.2) is 0 Å². The van der Waals surface area contributed by atoms with E-state index in [0.717, 1.165) is 11.1 Å². The van der Waals surface area contributed by atoms with E-state index in [1.807, 2.05) is 33.8 Å². The van der Waals surface area contributed by atoms with E-state index in [9.17, 15) is 0 Å². The minimum Gasteiger partial charge on any atom is -0.0955 e. The quantitative estimate of drug-likeness (QED) is 0.603. The van der Waals surface area contributed by atoms with Crippen molar-refractivity contribution in [2.24, 2.45) is 0 Å². The summed E-state index contributed by atoms with van der Waals surface area (Å²) >= 11 is 0. The molecule has 0 aliphatic rings. The maximum atomic E-state index is 3.90. The Morgan fingerprint density at radius 3 is 1.53 bits per heavy atom. The maximum absolute atomic E-state index is 3.90. The van der Waals surface area contributed by atoms with Crippen LogP contribution in [0.2, 0.25) is 0 Å². The molecule has 0 radical (unpaired) electrons. The minimum atomic E-state index is 0. The van der Waals surface area contributed by atoms with Crippen molar-refractivity contribution in [3.8, 4) is 0 Å². The normalized spacial score (nSPS) is 8.00. The molecule has 0 N–H and O–H groups in total. The fourth-order valence-electron chi connectivity index (χ4n) is 1.05. The predicted molar refractivity (Wildman–Crippen MR) is 73.9 cm³/mol. The molecule has 0 spiro atoms. The third kappa shape index (κ3) is 5.21. The van der Waals surface area contributed by atoms with Crippen LogP contribution >= 0.6 is 0 Å². The Labute approximate surface area is 95.3 Å². The van der Waals surface area contributed by atoms with Crippen molar-refractivity contribution in [2.45, 2.75) is 35.1 Å². The highest BCUT2D eigenvalue weighted by atomic mass is 14.0. The first-order valence-corrected chi connectivity index (χ1v) is 5.03. The van der Waals surface area contributed by atoms with E-state index in [1.54, 1.807) is 0 Å². The summed E-state index contributed by atoms with van der Waals surface area (Å²) in [6, 6.07) is 8.28. The predicted octanol–water partition coefficient (Wildman–Crippen LogP) is 5.42. The molecule has 0 fully saturated rings. The summed E-state index contributed by atoms with van der Waals surface area (Å²) < 4.78 is 0. The molecule has 15 heavy (non-hydrogen) atoms. The van der Waals surface area contributed by atoms with Gasteiger partial charge in [0.05, 0.1) is 0 Å². The lowest BCUT2D eigenvalue weighted by Crippen LogP contribution is -1.81. The summed E-state index contributed by atoms with van der Waals surface area (Å²) in [4.78, 5) is 0. The molecule has 1 rings (SSSR count). The number of allylic oxidation sites excluding steroid dienone is 2. The fourth-order valence-corrected chi connectivity index (χ4v) is 1.05. The van der Waals surface area contributed by atoms with E-state index in [4.69, 9.17) is 0 Å². The fraction of sp³-hybridized carbons (Fsp3) is 0.333. The van der Waals surface area contributed by atoms with Gasteiger partial charge in [-0.2, -0.15) is 0 Å². The molecule has 1 aromatic carbocycles. The molecule has 0 nitrogen and oxygen atoms in total. The lowest BCUT2D eigenvalue weighted by atomic mass is 10.0. The number of hydrogen-bond acceptors (Lipinski definition) is 0. The molecule has 0 aliphatic carbocycles. The van der Waals surface area contributed by atoms with Gasteiger partial charge in [-0.25, -0.2) is 0 Å². The summed E-state index contributed by atoms with van der Waals surface area (Å²) in [6.07, 6.45) is 0. The second kappa shape index (κ2) is 8.05. The van der Waals surface area contributed by atoms with Crippen molar-refractivity contribution in [1.29, 1.82) is 0 Å². The standard InChI is InChI=1S/C12H14.C2H6.CH4/c1-9(2)11-6-5-7-12(8-11)10(3)4;1-2;/h5-8H,1,3H2,2,4H3;1-2H3;1H4. The van der Waals surface area contributed by atoms with Gasteiger partial charge in [-0.05, 0) is 31.0 Å². The highest BCUT2D eigenvalue weighted by molar-refractivity contribution is 5.68. The molecule has 1 aromatic rings. The van der Waals surface area contributed by atoms with Gasteiger partial charge in [0.1, 0.15) is 0 Å². The Bertz CT molecular complexity index is 289. The Hall–Kier alpha value is -1.30. The van der Waals surface area contributed by atoms with Crippen LogP contribution in [0.4, 0.5) is 0 Å². The zero-order valence-corrected chi connectivity index (χ0v) is 9.72. The molecular formula is C15H24. The van der Waals surface area contributed by atoms with Crippen LogP contribution in [0.25, 0.3) is 11.1 Å². The van der Waals surface area contributed by atoms with Gasteiger partial charge in [0.15, 0.2) is 0 Å². The van der Waals surface area contributed by atoms with E-state index >= 15 is 0 Å². The summed E-state index contributed by atoms with van der Waals surface area (Å²) in [7, 11) is 0. The first kappa shape index (κ1) is 16.1. The molecule has 0 saturated carbocycles. The van der Waals surface area contributed by atoms with Crippen LogP contribution in [0.15, 0.2) is 37.4 Å². The van der Waals surface area contributed by atoms with Gasteiger partial charge in [-0.15, -0.1) is 0 Å². The third-order valence-electron chi connectivity index (χ3n) is 1.85. The van der Waals surface area contributed by atoms with E-state index < -0.39 is 0 Å². The second-order valence-electron chi connectivity index (χ2n) is 3.14. The first-order chi connectivity index (χ1) is 6.61. The van der Waals surface area contributed by atoms with E-state index in [-0.39, 0.29) is 7.43 Å². The van der Waals surface area contributed by atoms with Crippen molar-refractivity contribution in [3.63, 3.8) is 0 Å². The topological polar surface area (TPSA) is 0 Å². The molecule has 0 amide bonds. The average Bonchev–Trinajstić information content (AvgIpc) is 2.21. The highest BCUT2D eigenvalue weighted by Gasteiger charge is 1.95. The summed E-state index contributed by atoms with van der Waals surface area (Å²) in [5, 5.41) is 0. The van der Waals surface area contributed by atoms with Gasteiger partial charge in [0, 0.05) is 0 Å². The molecule has 0 heterocycles. The smallest absolute Gasteiger partial charge is 0.0227 e. The monoisotopic (exact) mass is 204 g/mol. The molecule has 0 atom stereocenters. The van der Waals surface area contributed by atoms with Crippen LogP contribution in [0.1, 0.15) is 46.2 Å². The Morgan fingerprint density at radius 2 is 1.27 bits per heavy atom. The first-order valence-electron chi connectivity index (χ1n) is 5.03. The molecule has 0 heteroatoms. The van der Waals surface area contributed by atoms with Gasteiger partial charge in [0.2, 0.25) is 0 Å². The molecule has 0 bridgehead atoms. The molecule has 0 aliphatic heterocycles. The summed E-state index contributed by atoms with van der Waals surface area (Å²) in [5.41, 5.74) is 4.57. The van der Waals surface area contributed by atoms with Gasteiger partial charge >= 0.3 is 0 Å². The SMILES string of the molecule is C.C=C(C)c1cccc(C(=C)C)c1.CC. The van der Waals surface area contributed by atoms with E-state index in [2.05, 4.69) is 31.4 Å². The lowest BCUT2D eigenvalue weighted by molar-refractivity contribution is 1.50. The van der Waals surface area contributed by atoms with Gasteiger partial charge < -0.3 is 0 Å². The molecule has 0 aromatic heterocycles. The van der Waals surface area contributed by atoms with Crippen LogP contribution in [0.5, 0.6) is 0 Å². The lowest BCUT2D eigenvalue weighted by Gasteiger charge is -2.03. The van der Waals surface area contributed by atoms with Gasteiger partial charge in [-0.3, -0.25) is 0 Å². The van der Waals surface area contributed by atoms with Crippen molar-refractivity contribution < 1.29 is 0 Å². The van der Waals surface area contributed by atoms with Gasteiger partial charge in [-0.1, -0.05) is 63.8 Å². The van der Waals surface area contributed by atoms with Crippen LogP contribution in [0, 0.1) is 0 Å². The highest BCUT2D eigenvalue weighted by Crippen LogP contribution is 2.17. The Balaban J connectivity index is 0. The molecule has 0 unspecified atom stereocenters. The van der Waals surface area contributed by atoms with Crippen LogP contribution in [-0.2, 0) is 0 Å². The number of hydrogen-bond donors (Lipinski definition) is 0. The summed E-state index contributed by atoms with van der Waals surface area (Å²) in [5.74, 6) is 0. The van der Waals surface area contributed by atoms with E-state index in [0.29, 0.717) is 0 Å². The Kier molecular flexibility index (Phi) is 8.66. The third-order valence-corrected chi connectivity index (χ3v) is 1.85. The van der Waals surface area contributed by atoms with Crippen molar-refractivity contribution >= 4 is 11.1 Å². The van der Waals surface area contributed by atoms with Crippen LogP contribution in [0.3, 0.4) is 0 Å². The molecular weight excluding hydrogens is 180 g/mol. The second-order valence-corrected chi connectivity index (χ2v) is 3.14. The number of rotatable bonds is 2. The number of benzene rings is 1. The maximum Gasteiger partial charge on any atom is -0.0227 e. The molecule has 84 valence electrons. The van der Waals surface area contributed by atoms with Gasteiger partial charge in [0.25, 0.3) is 0 Å². The zero-order valence-electron chi connectivity index (χ0n) is 9.72. The molecule has 0 saturated heterocycles. The Morgan fingerprint density at radius 1 is 0.933 bits per heavy atom. The van der Waals surface area contributed by atoms with Crippen molar-refractivity contribution in [3.05, 3.63) is 48.6 Å². The van der Waals surface area contributed by atoms with E-state index in [1.165, 1.54) is 11.1 Å².